The number of rotatable bonds is 3. The summed E-state index contributed by atoms with van der Waals surface area (Å²) in [5.41, 5.74) is 5.29. The highest BCUT2D eigenvalue weighted by Crippen LogP contribution is 2.25. The summed E-state index contributed by atoms with van der Waals surface area (Å²) >= 11 is 0. The molecular formula is C17H19N5O2. The van der Waals surface area contributed by atoms with Gasteiger partial charge < -0.3 is 10.0 Å². The van der Waals surface area contributed by atoms with E-state index in [1.165, 1.54) is 0 Å². The number of aliphatic hydroxyl groups excluding tert-OH is 1. The summed E-state index contributed by atoms with van der Waals surface area (Å²) in [6.07, 6.45) is 3.68. The predicted octanol–water partition coefficient (Wildman–Crippen LogP) is 1.30. The summed E-state index contributed by atoms with van der Waals surface area (Å²) in [4.78, 5) is 19.4. The van der Waals surface area contributed by atoms with Crippen LogP contribution in [-0.4, -0.2) is 41.7 Å². The number of pyridine rings is 1. The average Bonchev–Trinajstić information content (AvgIpc) is 3.20. The van der Waals surface area contributed by atoms with Gasteiger partial charge in [0.25, 0.3) is 5.91 Å². The number of aliphatic hydroxyl groups is 1. The van der Waals surface area contributed by atoms with Crippen LogP contribution in [-0.2, 0) is 19.6 Å². The minimum atomic E-state index is -0.0319. The number of hydrogen-bond acceptors (Lipinski definition) is 4. The molecule has 4 rings (SSSR count). The smallest absolute Gasteiger partial charge is 0.273 e. The maximum atomic E-state index is 13.0. The zero-order chi connectivity index (χ0) is 16.8. The third-order valence-corrected chi connectivity index (χ3v) is 4.49. The quantitative estimate of drug-likeness (QED) is 0.787. The molecule has 7 nitrogen and oxygen atoms in total. The van der Waals surface area contributed by atoms with Crippen LogP contribution in [0.3, 0.4) is 0 Å². The van der Waals surface area contributed by atoms with Crippen LogP contribution >= 0.6 is 0 Å². The molecule has 124 valence electrons. The Morgan fingerprint density at radius 1 is 1.33 bits per heavy atom. The van der Waals surface area contributed by atoms with Crippen molar-refractivity contribution < 1.29 is 9.90 Å². The second kappa shape index (κ2) is 5.45. The van der Waals surface area contributed by atoms with Crippen molar-refractivity contribution in [3.8, 4) is 0 Å². The standard InChI is InChI=1S/C17H19N5O2/c1-11-3-4-21-15(7-11)19-12(2)16(21)17(24)20-9-13-8-18-22(5-6-23)14(13)10-20/h3-4,7-8,23H,5-6,9-10H2,1-2H3. The van der Waals surface area contributed by atoms with Crippen LogP contribution in [0.25, 0.3) is 5.65 Å². The number of carbonyl (C=O) groups excluding carboxylic acids is 1. The van der Waals surface area contributed by atoms with E-state index in [-0.39, 0.29) is 12.5 Å². The van der Waals surface area contributed by atoms with Gasteiger partial charge in [-0.05, 0) is 31.5 Å². The topological polar surface area (TPSA) is 75.7 Å². The minimum absolute atomic E-state index is 0.0319. The largest absolute Gasteiger partial charge is 0.394 e. The van der Waals surface area contributed by atoms with E-state index in [4.69, 9.17) is 5.11 Å². The Morgan fingerprint density at radius 2 is 2.17 bits per heavy atom. The summed E-state index contributed by atoms with van der Waals surface area (Å²) in [5, 5.41) is 13.4. The van der Waals surface area contributed by atoms with Crippen LogP contribution < -0.4 is 0 Å². The van der Waals surface area contributed by atoms with Gasteiger partial charge in [0.2, 0.25) is 0 Å². The lowest BCUT2D eigenvalue weighted by molar-refractivity contribution is 0.0740. The van der Waals surface area contributed by atoms with Crippen molar-refractivity contribution in [3.63, 3.8) is 0 Å². The molecular weight excluding hydrogens is 306 g/mol. The average molecular weight is 325 g/mol. The monoisotopic (exact) mass is 325 g/mol. The molecule has 0 spiro atoms. The maximum absolute atomic E-state index is 13.0. The van der Waals surface area contributed by atoms with Crippen LogP contribution in [0.15, 0.2) is 24.5 Å². The molecule has 0 unspecified atom stereocenters. The van der Waals surface area contributed by atoms with Gasteiger partial charge in [-0.25, -0.2) is 4.98 Å². The third-order valence-electron chi connectivity index (χ3n) is 4.49. The van der Waals surface area contributed by atoms with Gasteiger partial charge in [-0.1, -0.05) is 0 Å². The van der Waals surface area contributed by atoms with E-state index in [2.05, 4.69) is 10.1 Å². The van der Waals surface area contributed by atoms with Gasteiger partial charge >= 0.3 is 0 Å². The molecule has 4 heterocycles. The summed E-state index contributed by atoms with van der Waals surface area (Å²) in [7, 11) is 0. The Balaban J connectivity index is 1.67. The van der Waals surface area contributed by atoms with Crippen molar-refractivity contribution in [1.82, 2.24) is 24.1 Å². The van der Waals surface area contributed by atoms with Crippen LogP contribution in [0.4, 0.5) is 0 Å². The number of fused-ring (bicyclic) bond motifs is 2. The van der Waals surface area contributed by atoms with Gasteiger partial charge in [-0.3, -0.25) is 13.9 Å². The SMILES string of the molecule is Cc1ccn2c(C(=O)N3Cc4cnn(CCO)c4C3)c(C)nc2c1. The fourth-order valence-corrected chi connectivity index (χ4v) is 3.31. The number of amides is 1. The lowest BCUT2D eigenvalue weighted by atomic mass is 10.3. The number of hydrogen-bond donors (Lipinski definition) is 1. The van der Waals surface area contributed by atoms with E-state index in [9.17, 15) is 4.79 Å². The Kier molecular flexibility index (Phi) is 3.38. The normalized spacial score (nSPS) is 13.7. The van der Waals surface area contributed by atoms with Crippen LogP contribution in [0, 0.1) is 13.8 Å². The Hall–Kier alpha value is -2.67. The van der Waals surface area contributed by atoms with Crippen molar-refractivity contribution in [2.24, 2.45) is 0 Å². The van der Waals surface area contributed by atoms with Crippen molar-refractivity contribution in [2.75, 3.05) is 6.61 Å². The lowest BCUT2D eigenvalue weighted by Crippen LogP contribution is -2.28. The van der Waals surface area contributed by atoms with E-state index in [0.29, 0.717) is 25.3 Å². The summed E-state index contributed by atoms with van der Waals surface area (Å²) in [6, 6.07) is 3.95. The van der Waals surface area contributed by atoms with E-state index < -0.39 is 0 Å². The molecule has 1 amide bonds. The summed E-state index contributed by atoms with van der Waals surface area (Å²) in [5.74, 6) is -0.0319. The number of nitrogens with zero attached hydrogens (tertiary/aromatic N) is 5. The Morgan fingerprint density at radius 3 is 2.96 bits per heavy atom. The van der Waals surface area contributed by atoms with Gasteiger partial charge in [0, 0.05) is 18.3 Å². The molecule has 0 saturated carbocycles. The van der Waals surface area contributed by atoms with Crippen LogP contribution in [0.1, 0.15) is 33.0 Å². The molecule has 0 saturated heterocycles. The molecule has 0 bridgehead atoms. The summed E-state index contributed by atoms with van der Waals surface area (Å²) in [6.45, 7) is 5.41. The minimum Gasteiger partial charge on any atom is -0.394 e. The molecule has 24 heavy (non-hydrogen) atoms. The molecule has 3 aromatic heterocycles. The van der Waals surface area contributed by atoms with Crippen LogP contribution in [0.2, 0.25) is 0 Å². The highest BCUT2D eigenvalue weighted by molar-refractivity contribution is 5.95. The predicted molar refractivity (Wildman–Crippen MR) is 87.6 cm³/mol. The Bertz CT molecular complexity index is 940. The molecule has 0 atom stereocenters. The van der Waals surface area contributed by atoms with Gasteiger partial charge in [-0.2, -0.15) is 5.10 Å². The lowest BCUT2D eigenvalue weighted by Gasteiger charge is -2.16. The van der Waals surface area contributed by atoms with E-state index in [1.807, 2.05) is 36.6 Å². The molecule has 7 heteroatoms. The fourth-order valence-electron chi connectivity index (χ4n) is 3.31. The molecule has 0 aromatic carbocycles. The van der Waals surface area contributed by atoms with Gasteiger partial charge in [0.05, 0.1) is 37.3 Å². The highest BCUT2D eigenvalue weighted by Gasteiger charge is 2.30. The van der Waals surface area contributed by atoms with E-state index in [0.717, 1.165) is 28.2 Å². The number of imidazole rings is 1. The highest BCUT2D eigenvalue weighted by atomic mass is 16.3. The second-order valence-electron chi connectivity index (χ2n) is 6.20. The third kappa shape index (κ3) is 2.20. The second-order valence-corrected chi connectivity index (χ2v) is 6.20. The fraction of sp³-hybridized carbons (Fsp3) is 0.353. The molecule has 0 radical (unpaired) electrons. The first-order valence-electron chi connectivity index (χ1n) is 7.97. The molecule has 3 aromatic rings. The zero-order valence-corrected chi connectivity index (χ0v) is 13.7. The molecule has 0 fully saturated rings. The van der Waals surface area contributed by atoms with Crippen molar-refractivity contribution in [2.45, 2.75) is 33.5 Å². The first-order valence-corrected chi connectivity index (χ1v) is 7.97. The number of carbonyl (C=O) groups is 1. The van der Waals surface area contributed by atoms with Gasteiger partial charge in [0.1, 0.15) is 11.3 Å². The Labute approximate surface area is 139 Å². The van der Waals surface area contributed by atoms with Crippen molar-refractivity contribution >= 4 is 11.6 Å². The van der Waals surface area contributed by atoms with Crippen molar-refractivity contribution in [1.29, 1.82) is 0 Å². The zero-order valence-electron chi connectivity index (χ0n) is 13.7. The number of aryl methyl sites for hydroxylation is 2. The molecule has 1 aliphatic heterocycles. The molecule has 1 N–H and O–H groups in total. The maximum Gasteiger partial charge on any atom is 0.273 e. The first kappa shape index (κ1) is 14.9. The van der Waals surface area contributed by atoms with Gasteiger partial charge in [-0.15, -0.1) is 0 Å². The molecule has 1 aliphatic rings. The van der Waals surface area contributed by atoms with Crippen LogP contribution in [0.5, 0.6) is 0 Å². The van der Waals surface area contributed by atoms with E-state index in [1.54, 1.807) is 15.8 Å². The van der Waals surface area contributed by atoms with E-state index >= 15 is 0 Å². The van der Waals surface area contributed by atoms with Gasteiger partial charge in [0.15, 0.2) is 0 Å². The first-order chi connectivity index (χ1) is 11.6. The summed E-state index contributed by atoms with van der Waals surface area (Å²) < 4.78 is 3.63. The van der Waals surface area contributed by atoms with Crippen molar-refractivity contribution in [3.05, 3.63) is 52.7 Å². The molecule has 0 aliphatic carbocycles. The number of aromatic nitrogens is 4.